The smallest absolute Gasteiger partial charge is 0.192 e. The van der Waals surface area contributed by atoms with E-state index in [0.717, 1.165) is 58.2 Å². The fraction of sp³-hybridized carbons (Fsp3) is 0.320. The van der Waals surface area contributed by atoms with Gasteiger partial charge in [-0.2, -0.15) is 0 Å². The Kier molecular flexibility index (Phi) is 4.69. The van der Waals surface area contributed by atoms with E-state index in [2.05, 4.69) is 48.6 Å². The van der Waals surface area contributed by atoms with Gasteiger partial charge in [0.05, 0.1) is 10.5 Å². The molecule has 30 heavy (non-hydrogen) atoms. The first-order valence-electron chi connectivity index (χ1n) is 10.6. The van der Waals surface area contributed by atoms with E-state index in [4.69, 9.17) is 9.47 Å². The van der Waals surface area contributed by atoms with Crippen LogP contribution in [0.2, 0.25) is 0 Å². The third-order valence-electron chi connectivity index (χ3n) is 6.10. The molecule has 5 heteroatoms. The predicted octanol–water partition coefficient (Wildman–Crippen LogP) is 5.67. The van der Waals surface area contributed by atoms with Crippen LogP contribution < -0.4 is 0 Å². The molecule has 6 rings (SSSR count). The maximum Gasteiger partial charge on any atom is 0.192 e. The van der Waals surface area contributed by atoms with Gasteiger partial charge in [0.15, 0.2) is 5.78 Å². The van der Waals surface area contributed by atoms with Crippen LogP contribution in [0.1, 0.15) is 25.7 Å². The monoisotopic (exact) mass is 434 g/mol. The van der Waals surface area contributed by atoms with Gasteiger partial charge in [0.2, 0.25) is 0 Å². The average Bonchev–Trinajstić information content (AvgIpc) is 2.80. The lowest BCUT2D eigenvalue weighted by molar-refractivity contribution is -0.113. The summed E-state index contributed by atoms with van der Waals surface area (Å²) < 4.78 is 12.7. The molecule has 3 nitrogen and oxygen atoms in total. The lowest BCUT2D eigenvalue weighted by Crippen LogP contribution is -2.32. The molecule has 4 aliphatic carbocycles. The summed E-state index contributed by atoms with van der Waals surface area (Å²) >= 11 is 3.63. The predicted molar refractivity (Wildman–Crippen MR) is 123 cm³/mol. The van der Waals surface area contributed by atoms with E-state index < -0.39 is 0 Å². The highest BCUT2D eigenvalue weighted by molar-refractivity contribution is 8.04. The van der Waals surface area contributed by atoms with Crippen LogP contribution in [0.4, 0.5) is 0 Å². The summed E-state index contributed by atoms with van der Waals surface area (Å²) in [7, 11) is 0. The first kappa shape index (κ1) is 18.6. The van der Waals surface area contributed by atoms with Crippen molar-refractivity contribution in [2.24, 2.45) is 0 Å². The van der Waals surface area contributed by atoms with Crippen LogP contribution in [0, 0.1) is 0 Å². The quantitative estimate of drug-likeness (QED) is 0.559. The maximum absolute atomic E-state index is 13.8. The van der Waals surface area contributed by atoms with Crippen molar-refractivity contribution in [3.05, 3.63) is 93.2 Å². The highest BCUT2D eigenvalue weighted by atomic mass is 32.2. The van der Waals surface area contributed by atoms with Gasteiger partial charge in [-0.15, -0.1) is 23.5 Å². The number of Topliss-reactive ketones (excluding diaryl/α,β-unsaturated/α-hetero) is 1. The third-order valence-corrected chi connectivity index (χ3v) is 8.71. The zero-order valence-electron chi connectivity index (χ0n) is 16.5. The molecule has 2 aliphatic heterocycles. The molecule has 0 aromatic carbocycles. The molecule has 2 fully saturated rings. The van der Waals surface area contributed by atoms with Gasteiger partial charge in [-0.05, 0) is 37.8 Å². The summed E-state index contributed by atoms with van der Waals surface area (Å²) in [4.78, 5) is 16.0. The zero-order valence-corrected chi connectivity index (χ0v) is 18.1. The zero-order chi connectivity index (χ0) is 20.1. The molecular weight excluding hydrogens is 412 g/mol. The summed E-state index contributed by atoms with van der Waals surface area (Å²) in [6, 6.07) is 0. The Morgan fingerprint density at radius 2 is 1.20 bits per heavy atom. The number of hydrogen-bond acceptors (Lipinski definition) is 5. The van der Waals surface area contributed by atoms with Crippen molar-refractivity contribution in [1.29, 1.82) is 0 Å². The molecule has 0 radical (unpaired) electrons. The second-order valence-electron chi connectivity index (χ2n) is 8.03. The average molecular weight is 435 g/mol. The van der Waals surface area contributed by atoms with Crippen molar-refractivity contribution >= 4 is 29.3 Å². The van der Waals surface area contributed by atoms with Crippen molar-refractivity contribution in [2.75, 3.05) is 0 Å². The lowest BCUT2D eigenvalue weighted by Gasteiger charge is -2.37. The van der Waals surface area contributed by atoms with E-state index >= 15 is 0 Å². The molecule has 2 saturated heterocycles. The number of hydrogen-bond donors (Lipinski definition) is 0. The molecule has 0 amide bonds. The number of thioether (sulfide) groups is 2. The molecule has 0 bridgehead atoms. The summed E-state index contributed by atoms with van der Waals surface area (Å²) in [5.41, 5.74) is 1.64. The van der Waals surface area contributed by atoms with Gasteiger partial charge in [0, 0.05) is 21.0 Å². The van der Waals surface area contributed by atoms with E-state index in [1.165, 1.54) is 0 Å². The van der Waals surface area contributed by atoms with Crippen molar-refractivity contribution in [3.63, 3.8) is 0 Å². The Labute approximate surface area is 185 Å². The van der Waals surface area contributed by atoms with Gasteiger partial charge in [0.1, 0.15) is 23.7 Å². The van der Waals surface area contributed by atoms with E-state index in [1.807, 2.05) is 35.7 Å². The Balaban J connectivity index is 1.36. The van der Waals surface area contributed by atoms with Gasteiger partial charge in [-0.1, -0.05) is 48.6 Å². The molecule has 0 aromatic heterocycles. The van der Waals surface area contributed by atoms with Crippen LogP contribution in [0.5, 0.6) is 0 Å². The van der Waals surface area contributed by atoms with E-state index in [-0.39, 0.29) is 28.5 Å². The minimum atomic E-state index is -0.00563. The highest BCUT2D eigenvalue weighted by Gasteiger charge is 2.39. The van der Waals surface area contributed by atoms with Gasteiger partial charge < -0.3 is 9.47 Å². The summed E-state index contributed by atoms with van der Waals surface area (Å²) in [5, 5.41) is 0.568. The normalized spacial score (nSPS) is 33.5. The number of carbonyl (C=O) groups is 1. The Morgan fingerprint density at radius 1 is 0.733 bits per heavy atom. The maximum atomic E-state index is 13.8. The fourth-order valence-electron chi connectivity index (χ4n) is 4.61. The standard InChI is InChI=1S/C25H22O3S2/c26-23(15-7-5-13-21-24(15)27-17-9-1-3-11-19(17)29-21)16-8-6-14-22-25(16)28-18-10-2-4-12-20(18)30-22/h1-4,9-14,17-20H,5-8H2. The van der Waals surface area contributed by atoms with E-state index in [0.29, 0.717) is 0 Å². The van der Waals surface area contributed by atoms with Crippen molar-refractivity contribution in [1.82, 2.24) is 0 Å². The van der Waals surface area contributed by atoms with E-state index in [9.17, 15) is 4.79 Å². The van der Waals surface area contributed by atoms with Gasteiger partial charge >= 0.3 is 0 Å². The Bertz CT molecular complexity index is 968. The molecule has 0 N–H and O–H groups in total. The first-order valence-corrected chi connectivity index (χ1v) is 12.3. The second kappa shape index (κ2) is 7.54. The Hall–Kier alpha value is -2.11. The third kappa shape index (κ3) is 3.10. The topological polar surface area (TPSA) is 35.5 Å². The van der Waals surface area contributed by atoms with Gasteiger partial charge in [-0.25, -0.2) is 0 Å². The van der Waals surface area contributed by atoms with Gasteiger partial charge in [-0.3, -0.25) is 4.79 Å². The second-order valence-corrected chi connectivity index (χ2v) is 10.5. The fourth-order valence-corrected chi connectivity index (χ4v) is 7.08. The molecule has 0 saturated carbocycles. The van der Waals surface area contributed by atoms with Gasteiger partial charge in [0.25, 0.3) is 0 Å². The number of carbonyl (C=O) groups excluding carboxylic acids is 1. The lowest BCUT2D eigenvalue weighted by atomic mass is 9.89. The summed E-state index contributed by atoms with van der Waals surface area (Å²) in [6.45, 7) is 0. The van der Waals surface area contributed by atoms with Crippen LogP contribution in [-0.2, 0) is 14.3 Å². The number of rotatable bonds is 2. The van der Waals surface area contributed by atoms with Crippen LogP contribution >= 0.6 is 23.5 Å². The van der Waals surface area contributed by atoms with Crippen molar-refractivity contribution in [3.8, 4) is 0 Å². The molecular formula is C25H22O3S2. The molecule has 6 aliphatic rings. The molecule has 0 spiro atoms. The van der Waals surface area contributed by atoms with Crippen LogP contribution in [0.25, 0.3) is 0 Å². The first-order chi connectivity index (χ1) is 14.8. The highest BCUT2D eigenvalue weighted by Crippen LogP contribution is 2.48. The largest absolute Gasteiger partial charge is 0.483 e. The Morgan fingerprint density at radius 3 is 1.70 bits per heavy atom. The number of ether oxygens (including phenoxy) is 2. The van der Waals surface area contributed by atoms with Crippen molar-refractivity contribution < 1.29 is 14.3 Å². The molecule has 2 heterocycles. The minimum Gasteiger partial charge on any atom is -0.483 e. The van der Waals surface area contributed by atoms with Crippen LogP contribution in [-0.4, -0.2) is 28.5 Å². The molecule has 152 valence electrons. The van der Waals surface area contributed by atoms with Crippen molar-refractivity contribution in [2.45, 2.75) is 48.4 Å². The number of fused-ring (bicyclic) bond motifs is 4. The number of ketones is 1. The van der Waals surface area contributed by atoms with Crippen LogP contribution in [0.15, 0.2) is 93.2 Å². The molecule has 4 atom stereocenters. The summed E-state index contributed by atoms with van der Waals surface area (Å²) in [5.74, 6) is 1.70. The molecule has 0 aromatic rings. The SMILES string of the molecule is O=C(C1=C2OC3C=CC=CC3SC2=CCC1)C1=C2OC3C=CC=CC3SC2=CCC1. The minimum absolute atomic E-state index is 0.00563. The summed E-state index contributed by atoms with van der Waals surface area (Å²) in [6.07, 6.45) is 24.4. The van der Waals surface area contributed by atoms with Crippen LogP contribution in [0.3, 0.4) is 0 Å². The molecule has 4 unspecified atom stereocenters. The number of allylic oxidation sites excluding steroid dienone is 8. The van der Waals surface area contributed by atoms with E-state index in [1.54, 1.807) is 0 Å².